The van der Waals surface area contributed by atoms with Gasteiger partial charge in [0.25, 0.3) is 5.91 Å². The van der Waals surface area contributed by atoms with E-state index in [2.05, 4.69) is 16.0 Å². The summed E-state index contributed by atoms with van der Waals surface area (Å²) in [5.74, 6) is 0.153. The Balaban J connectivity index is 1.26. The third-order valence-corrected chi connectivity index (χ3v) is 6.30. The van der Waals surface area contributed by atoms with E-state index in [1.807, 2.05) is 18.2 Å². The number of nitrogens with zero attached hydrogens (tertiary/aromatic N) is 1. The third kappa shape index (κ3) is 3.04. The number of carbonyl (C=O) groups excluding carboxylic acids is 3. The summed E-state index contributed by atoms with van der Waals surface area (Å²) >= 11 is 0. The third-order valence-electron chi connectivity index (χ3n) is 6.30. The molecule has 3 heterocycles. The lowest BCUT2D eigenvalue weighted by molar-refractivity contribution is -0.136. The molecular formula is C20H24N4O3. The molecule has 5 rings (SSSR count). The van der Waals surface area contributed by atoms with Crippen molar-refractivity contribution >= 4 is 17.7 Å². The molecular weight excluding hydrogens is 344 g/mol. The summed E-state index contributed by atoms with van der Waals surface area (Å²) in [5, 5.41) is 9.46. The highest BCUT2D eigenvalue weighted by atomic mass is 16.2. The van der Waals surface area contributed by atoms with Gasteiger partial charge in [0.1, 0.15) is 6.04 Å². The first-order valence-corrected chi connectivity index (χ1v) is 9.82. The Morgan fingerprint density at radius 2 is 2.07 bits per heavy atom. The standard InChI is InChI=1S/C20H24N4O3/c25-17-5-4-16(19(26)23-17)24-10-12-3-1-2-11(18(12)20(24)27)8-21-9-14-6-13-7-15(13)22-14/h1-3,13-16,21-22H,4-10H2,(H,23,25,26)/t13-,14+,15+,16?/m1/s1. The largest absolute Gasteiger partial charge is 0.322 e. The molecule has 2 saturated heterocycles. The first kappa shape index (κ1) is 16.9. The van der Waals surface area contributed by atoms with Crippen LogP contribution in [0.5, 0.6) is 0 Å². The van der Waals surface area contributed by atoms with Crippen LogP contribution in [0.3, 0.4) is 0 Å². The maximum atomic E-state index is 13.0. The predicted molar refractivity (Wildman–Crippen MR) is 97.6 cm³/mol. The Kier molecular flexibility index (Phi) is 4.02. The number of benzene rings is 1. The molecule has 0 spiro atoms. The maximum Gasteiger partial charge on any atom is 0.255 e. The number of fused-ring (bicyclic) bond motifs is 2. The van der Waals surface area contributed by atoms with Crippen LogP contribution in [0, 0.1) is 5.92 Å². The van der Waals surface area contributed by atoms with Gasteiger partial charge in [0, 0.05) is 43.7 Å². The second-order valence-electron chi connectivity index (χ2n) is 8.18. The summed E-state index contributed by atoms with van der Waals surface area (Å²) in [5.41, 5.74) is 2.66. The van der Waals surface area contributed by atoms with Gasteiger partial charge in [0.05, 0.1) is 0 Å². The number of hydrogen-bond donors (Lipinski definition) is 3. The summed E-state index contributed by atoms with van der Waals surface area (Å²) in [6.45, 7) is 1.98. The molecule has 7 nitrogen and oxygen atoms in total. The minimum absolute atomic E-state index is 0.0999. The number of amides is 3. The molecule has 3 fully saturated rings. The molecule has 0 aromatic heterocycles. The zero-order chi connectivity index (χ0) is 18.5. The Hall–Kier alpha value is -2.25. The lowest BCUT2D eigenvalue weighted by Gasteiger charge is -2.29. The Labute approximate surface area is 157 Å². The molecule has 0 bridgehead atoms. The van der Waals surface area contributed by atoms with E-state index < -0.39 is 6.04 Å². The number of piperidine rings is 2. The summed E-state index contributed by atoms with van der Waals surface area (Å²) in [6, 6.07) is 6.62. The topological polar surface area (TPSA) is 90.5 Å². The fourth-order valence-electron chi connectivity index (χ4n) is 4.81. The van der Waals surface area contributed by atoms with E-state index in [9.17, 15) is 14.4 Å². The number of nitrogens with one attached hydrogen (secondary N) is 3. The van der Waals surface area contributed by atoms with E-state index in [0.717, 1.165) is 35.2 Å². The SMILES string of the molecule is O=C1CCC(N2Cc3cccc(CNC[C@@H]4C[C@@H]5C[C@@H]5N4)c3C2=O)C(=O)N1. The van der Waals surface area contributed by atoms with Gasteiger partial charge < -0.3 is 15.5 Å². The van der Waals surface area contributed by atoms with Crippen molar-refractivity contribution < 1.29 is 14.4 Å². The van der Waals surface area contributed by atoms with Gasteiger partial charge in [0.2, 0.25) is 11.8 Å². The van der Waals surface area contributed by atoms with E-state index in [-0.39, 0.29) is 24.1 Å². The molecule has 3 N–H and O–H groups in total. The van der Waals surface area contributed by atoms with Crippen molar-refractivity contribution in [3.05, 3.63) is 34.9 Å². The van der Waals surface area contributed by atoms with Crippen LogP contribution in [0.4, 0.5) is 0 Å². The quantitative estimate of drug-likeness (QED) is 0.650. The molecule has 1 aliphatic carbocycles. The zero-order valence-electron chi connectivity index (χ0n) is 15.2. The van der Waals surface area contributed by atoms with Gasteiger partial charge in [-0.2, -0.15) is 0 Å². The first-order valence-electron chi connectivity index (χ1n) is 9.82. The molecule has 3 amide bonds. The summed E-state index contributed by atoms with van der Waals surface area (Å²) in [4.78, 5) is 38.2. The fourth-order valence-corrected chi connectivity index (χ4v) is 4.81. The average molecular weight is 368 g/mol. The Morgan fingerprint density at radius 1 is 1.19 bits per heavy atom. The molecule has 0 radical (unpaired) electrons. The van der Waals surface area contributed by atoms with E-state index in [0.29, 0.717) is 25.6 Å². The van der Waals surface area contributed by atoms with Crippen LogP contribution in [0.2, 0.25) is 0 Å². The lowest BCUT2D eigenvalue weighted by atomic mass is 10.0. The number of rotatable bonds is 5. The van der Waals surface area contributed by atoms with Crippen molar-refractivity contribution in [3.8, 4) is 0 Å². The Bertz CT molecular complexity index is 813. The second-order valence-corrected chi connectivity index (χ2v) is 8.18. The smallest absolute Gasteiger partial charge is 0.255 e. The number of imide groups is 1. The molecule has 1 aromatic carbocycles. The van der Waals surface area contributed by atoms with Gasteiger partial charge in [-0.1, -0.05) is 18.2 Å². The molecule has 3 aliphatic heterocycles. The van der Waals surface area contributed by atoms with Gasteiger partial charge in [0.15, 0.2) is 0 Å². The van der Waals surface area contributed by atoms with Crippen LogP contribution in [0.1, 0.15) is 47.2 Å². The molecule has 1 unspecified atom stereocenters. The van der Waals surface area contributed by atoms with Crippen LogP contribution >= 0.6 is 0 Å². The minimum atomic E-state index is -0.558. The molecule has 4 aliphatic rings. The summed E-state index contributed by atoms with van der Waals surface area (Å²) < 4.78 is 0. The molecule has 142 valence electrons. The highest BCUT2D eigenvalue weighted by Gasteiger charge is 2.45. The van der Waals surface area contributed by atoms with Crippen LogP contribution in [-0.2, 0) is 22.7 Å². The van der Waals surface area contributed by atoms with E-state index in [1.165, 1.54) is 12.8 Å². The summed E-state index contributed by atoms with van der Waals surface area (Å²) in [7, 11) is 0. The highest BCUT2D eigenvalue weighted by Crippen LogP contribution is 2.40. The maximum absolute atomic E-state index is 13.0. The van der Waals surface area contributed by atoms with Gasteiger partial charge >= 0.3 is 0 Å². The number of carbonyl (C=O) groups is 3. The first-order chi connectivity index (χ1) is 13.1. The second kappa shape index (κ2) is 6.42. The van der Waals surface area contributed by atoms with Gasteiger partial charge in [-0.25, -0.2) is 0 Å². The molecule has 1 aromatic rings. The molecule has 4 atom stereocenters. The van der Waals surface area contributed by atoms with Crippen LogP contribution in [0.15, 0.2) is 18.2 Å². The van der Waals surface area contributed by atoms with Crippen molar-refractivity contribution in [1.29, 1.82) is 0 Å². The monoisotopic (exact) mass is 368 g/mol. The van der Waals surface area contributed by atoms with Crippen molar-refractivity contribution in [2.45, 2.75) is 56.9 Å². The van der Waals surface area contributed by atoms with Gasteiger partial charge in [-0.05, 0) is 36.3 Å². The predicted octanol–water partition coefficient (Wildman–Crippen LogP) is 0.288. The van der Waals surface area contributed by atoms with Gasteiger partial charge in [-0.15, -0.1) is 0 Å². The van der Waals surface area contributed by atoms with Crippen molar-refractivity contribution in [1.82, 2.24) is 20.9 Å². The highest BCUT2D eigenvalue weighted by molar-refractivity contribution is 6.05. The van der Waals surface area contributed by atoms with E-state index in [1.54, 1.807) is 4.90 Å². The van der Waals surface area contributed by atoms with Crippen LogP contribution in [0.25, 0.3) is 0 Å². The van der Waals surface area contributed by atoms with Gasteiger partial charge in [-0.3, -0.25) is 19.7 Å². The molecule has 1 saturated carbocycles. The Morgan fingerprint density at radius 3 is 2.85 bits per heavy atom. The summed E-state index contributed by atoms with van der Waals surface area (Å²) in [6.07, 6.45) is 3.25. The van der Waals surface area contributed by atoms with Crippen LogP contribution < -0.4 is 16.0 Å². The van der Waals surface area contributed by atoms with Crippen molar-refractivity contribution in [3.63, 3.8) is 0 Å². The molecule has 27 heavy (non-hydrogen) atoms. The van der Waals surface area contributed by atoms with E-state index in [4.69, 9.17) is 0 Å². The minimum Gasteiger partial charge on any atom is -0.322 e. The number of hydrogen-bond acceptors (Lipinski definition) is 5. The zero-order valence-corrected chi connectivity index (χ0v) is 15.2. The average Bonchev–Trinajstić information content (AvgIpc) is 3.10. The van der Waals surface area contributed by atoms with Crippen molar-refractivity contribution in [2.24, 2.45) is 5.92 Å². The fraction of sp³-hybridized carbons (Fsp3) is 0.550. The molecule has 7 heteroatoms. The van der Waals surface area contributed by atoms with E-state index >= 15 is 0 Å². The van der Waals surface area contributed by atoms with Crippen molar-refractivity contribution in [2.75, 3.05) is 6.54 Å². The van der Waals surface area contributed by atoms with Crippen LogP contribution in [-0.4, -0.2) is 47.3 Å². The lowest BCUT2D eigenvalue weighted by Crippen LogP contribution is -2.52. The normalized spacial score (nSPS) is 31.7.